The quantitative estimate of drug-likeness (QED) is 0.611. The van der Waals surface area contributed by atoms with Crippen molar-refractivity contribution in [2.45, 2.75) is 24.9 Å². The number of carboxylic acids is 1. The molecule has 3 heteroatoms. The summed E-state index contributed by atoms with van der Waals surface area (Å²) in [4.78, 5) is 10.7. The van der Waals surface area contributed by atoms with Crippen molar-refractivity contribution in [2.75, 3.05) is 6.61 Å². The molecule has 3 nitrogen and oxygen atoms in total. The summed E-state index contributed by atoms with van der Waals surface area (Å²) in [5.74, 6) is -0.924. The highest BCUT2D eigenvalue weighted by Crippen LogP contribution is 2.25. The van der Waals surface area contributed by atoms with Gasteiger partial charge < -0.3 is 9.84 Å². The van der Waals surface area contributed by atoms with E-state index < -0.39 is 11.6 Å². The molecule has 0 aromatic carbocycles. The predicted molar refractivity (Wildman–Crippen MR) is 40.4 cm³/mol. The van der Waals surface area contributed by atoms with Gasteiger partial charge >= 0.3 is 5.97 Å². The summed E-state index contributed by atoms with van der Waals surface area (Å²) in [6, 6.07) is 0. The first-order chi connectivity index (χ1) is 5.21. The number of carbonyl (C=O) groups is 1. The SMILES string of the molecule is C=CC1(C(=O)O)CCCCO1. The first-order valence-electron chi connectivity index (χ1n) is 3.72. The van der Waals surface area contributed by atoms with E-state index in [9.17, 15) is 4.79 Å². The van der Waals surface area contributed by atoms with Crippen LogP contribution < -0.4 is 0 Å². The van der Waals surface area contributed by atoms with Crippen molar-refractivity contribution in [3.05, 3.63) is 12.7 Å². The van der Waals surface area contributed by atoms with Crippen LogP contribution in [-0.4, -0.2) is 23.3 Å². The number of hydrogen-bond donors (Lipinski definition) is 1. The molecule has 1 unspecified atom stereocenters. The van der Waals surface area contributed by atoms with Gasteiger partial charge in [0.25, 0.3) is 0 Å². The van der Waals surface area contributed by atoms with E-state index in [-0.39, 0.29) is 0 Å². The number of hydrogen-bond acceptors (Lipinski definition) is 2. The minimum absolute atomic E-state index is 0.526. The van der Waals surface area contributed by atoms with E-state index in [4.69, 9.17) is 9.84 Å². The van der Waals surface area contributed by atoms with Crippen LogP contribution in [0.3, 0.4) is 0 Å². The molecule has 0 aliphatic carbocycles. The van der Waals surface area contributed by atoms with Crippen LogP contribution in [0.5, 0.6) is 0 Å². The minimum atomic E-state index is -1.10. The molecule has 0 bridgehead atoms. The molecule has 1 N–H and O–H groups in total. The standard InChI is InChI=1S/C8H12O3/c1-2-8(7(9)10)5-3-4-6-11-8/h2H,1,3-6H2,(H,9,10). The molecule has 1 fully saturated rings. The van der Waals surface area contributed by atoms with Crippen LogP contribution in [0.1, 0.15) is 19.3 Å². The monoisotopic (exact) mass is 156 g/mol. The van der Waals surface area contributed by atoms with Crippen molar-refractivity contribution >= 4 is 5.97 Å². The van der Waals surface area contributed by atoms with E-state index in [2.05, 4.69) is 6.58 Å². The summed E-state index contributed by atoms with van der Waals surface area (Å²) in [7, 11) is 0. The molecule has 0 aromatic heterocycles. The third-order valence-electron chi connectivity index (χ3n) is 1.99. The van der Waals surface area contributed by atoms with Crippen LogP contribution in [0.25, 0.3) is 0 Å². The molecule has 1 rings (SSSR count). The molecule has 1 aliphatic heterocycles. The maximum atomic E-state index is 10.7. The van der Waals surface area contributed by atoms with Crippen molar-refractivity contribution < 1.29 is 14.6 Å². The van der Waals surface area contributed by atoms with Crippen LogP contribution in [0.2, 0.25) is 0 Å². The zero-order chi connectivity index (χ0) is 8.32. The summed E-state index contributed by atoms with van der Waals surface area (Å²) in [6.07, 6.45) is 3.78. The Hall–Kier alpha value is -0.830. The first kappa shape index (κ1) is 8.27. The summed E-state index contributed by atoms with van der Waals surface area (Å²) < 4.78 is 5.16. The Morgan fingerprint density at radius 1 is 1.64 bits per heavy atom. The average molecular weight is 156 g/mol. The summed E-state index contributed by atoms with van der Waals surface area (Å²) in [6.45, 7) is 4.00. The van der Waals surface area contributed by atoms with Crippen LogP contribution in [0, 0.1) is 0 Å². The lowest BCUT2D eigenvalue weighted by Crippen LogP contribution is -2.42. The molecule has 1 heterocycles. The highest BCUT2D eigenvalue weighted by atomic mass is 16.5. The first-order valence-corrected chi connectivity index (χ1v) is 3.72. The van der Waals surface area contributed by atoms with E-state index in [1.165, 1.54) is 6.08 Å². The Labute approximate surface area is 65.7 Å². The van der Waals surface area contributed by atoms with E-state index >= 15 is 0 Å². The molecule has 1 atom stereocenters. The molecular weight excluding hydrogens is 144 g/mol. The number of carboxylic acid groups (broad SMARTS) is 1. The van der Waals surface area contributed by atoms with Gasteiger partial charge in [-0.25, -0.2) is 4.79 Å². The van der Waals surface area contributed by atoms with Gasteiger partial charge in [0, 0.05) is 6.61 Å². The molecular formula is C8H12O3. The smallest absolute Gasteiger partial charge is 0.340 e. The summed E-state index contributed by atoms with van der Waals surface area (Å²) >= 11 is 0. The third kappa shape index (κ3) is 1.43. The zero-order valence-electron chi connectivity index (χ0n) is 6.38. The van der Waals surface area contributed by atoms with Gasteiger partial charge in [-0.2, -0.15) is 0 Å². The average Bonchev–Trinajstić information content (AvgIpc) is 2.05. The van der Waals surface area contributed by atoms with Gasteiger partial charge in [-0.1, -0.05) is 6.58 Å². The van der Waals surface area contributed by atoms with Crippen molar-refractivity contribution in [3.8, 4) is 0 Å². The summed E-state index contributed by atoms with van der Waals surface area (Å²) in [5.41, 5.74) is -1.10. The molecule has 0 spiro atoms. The lowest BCUT2D eigenvalue weighted by molar-refractivity contribution is -0.163. The predicted octanol–water partition coefficient (Wildman–Crippen LogP) is 1.20. The lowest BCUT2D eigenvalue weighted by Gasteiger charge is -2.29. The summed E-state index contributed by atoms with van der Waals surface area (Å²) in [5, 5.41) is 8.79. The molecule has 0 radical (unpaired) electrons. The fourth-order valence-electron chi connectivity index (χ4n) is 1.23. The second kappa shape index (κ2) is 3.05. The van der Waals surface area contributed by atoms with Gasteiger partial charge in [-0.05, 0) is 25.3 Å². The normalized spacial score (nSPS) is 31.3. The maximum absolute atomic E-state index is 10.7. The minimum Gasteiger partial charge on any atom is -0.479 e. The lowest BCUT2D eigenvalue weighted by atomic mass is 9.94. The van der Waals surface area contributed by atoms with E-state index in [1.807, 2.05) is 0 Å². The van der Waals surface area contributed by atoms with E-state index in [1.54, 1.807) is 0 Å². The van der Waals surface area contributed by atoms with Gasteiger partial charge in [-0.15, -0.1) is 0 Å². The Bertz CT molecular complexity index is 168. The number of aliphatic carboxylic acids is 1. The molecule has 0 aromatic rings. The van der Waals surface area contributed by atoms with Crippen molar-refractivity contribution in [1.82, 2.24) is 0 Å². The highest BCUT2D eigenvalue weighted by Gasteiger charge is 2.37. The van der Waals surface area contributed by atoms with Gasteiger partial charge in [0.1, 0.15) is 0 Å². The van der Waals surface area contributed by atoms with Crippen molar-refractivity contribution in [3.63, 3.8) is 0 Å². The maximum Gasteiger partial charge on any atom is 0.340 e. The Kier molecular flexibility index (Phi) is 2.29. The fraction of sp³-hybridized carbons (Fsp3) is 0.625. The fourth-order valence-corrected chi connectivity index (χ4v) is 1.23. The van der Waals surface area contributed by atoms with E-state index in [0.29, 0.717) is 13.0 Å². The van der Waals surface area contributed by atoms with Crippen LogP contribution in [0.15, 0.2) is 12.7 Å². The molecule has 0 amide bonds. The molecule has 1 aliphatic rings. The highest BCUT2D eigenvalue weighted by molar-refractivity contribution is 5.80. The molecule has 1 saturated heterocycles. The van der Waals surface area contributed by atoms with Crippen LogP contribution in [0.4, 0.5) is 0 Å². The van der Waals surface area contributed by atoms with Gasteiger partial charge in [-0.3, -0.25) is 0 Å². The van der Waals surface area contributed by atoms with Crippen molar-refractivity contribution in [1.29, 1.82) is 0 Å². The van der Waals surface area contributed by atoms with E-state index in [0.717, 1.165) is 12.8 Å². The molecule has 11 heavy (non-hydrogen) atoms. The topological polar surface area (TPSA) is 46.5 Å². The van der Waals surface area contributed by atoms with Crippen LogP contribution in [-0.2, 0) is 9.53 Å². The van der Waals surface area contributed by atoms with Gasteiger partial charge in [0.2, 0.25) is 0 Å². The Balaban J connectivity index is 2.72. The zero-order valence-corrected chi connectivity index (χ0v) is 6.38. The van der Waals surface area contributed by atoms with Gasteiger partial charge in [0.05, 0.1) is 0 Å². The van der Waals surface area contributed by atoms with Crippen molar-refractivity contribution in [2.24, 2.45) is 0 Å². The Morgan fingerprint density at radius 3 is 2.64 bits per heavy atom. The third-order valence-corrected chi connectivity index (χ3v) is 1.99. The second-order valence-electron chi connectivity index (χ2n) is 2.70. The number of rotatable bonds is 2. The van der Waals surface area contributed by atoms with Gasteiger partial charge in [0.15, 0.2) is 5.60 Å². The molecule has 62 valence electrons. The Morgan fingerprint density at radius 2 is 2.36 bits per heavy atom. The largest absolute Gasteiger partial charge is 0.479 e. The second-order valence-corrected chi connectivity index (χ2v) is 2.70. The molecule has 0 saturated carbocycles. The van der Waals surface area contributed by atoms with Crippen LogP contribution >= 0.6 is 0 Å². The number of ether oxygens (including phenoxy) is 1.